The number of carbonyl (C=O) groups excluding carboxylic acids is 1. The Morgan fingerprint density at radius 1 is 0.857 bits per heavy atom. The Morgan fingerprint density at radius 2 is 1.29 bits per heavy atom. The van der Waals surface area contributed by atoms with E-state index in [-0.39, 0.29) is 5.97 Å². The van der Waals surface area contributed by atoms with E-state index in [4.69, 9.17) is 9.84 Å². The molecule has 21 heavy (non-hydrogen) atoms. The van der Waals surface area contributed by atoms with Crippen molar-refractivity contribution < 1.29 is 14.6 Å². The molecule has 0 amide bonds. The van der Waals surface area contributed by atoms with Gasteiger partial charge in [0.05, 0.1) is 6.61 Å². The number of aliphatic hydroxyl groups excluding tert-OH is 1. The number of esters is 1. The van der Waals surface area contributed by atoms with Gasteiger partial charge in [-0.2, -0.15) is 0 Å². The van der Waals surface area contributed by atoms with E-state index < -0.39 is 0 Å². The van der Waals surface area contributed by atoms with Gasteiger partial charge in [-0.25, -0.2) is 4.79 Å². The molecule has 0 saturated heterocycles. The Bertz CT molecular complexity index is 272. The van der Waals surface area contributed by atoms with Gasteiger partial charge >= 0.3 is 5.97 Å². The SMILES string of the molecule is CC=C(C)C(=O)OCCCCCCCCCCCCCO. The minimum atomic E-state index is -0.182. The molecule has 0 aromatic carbocycles. The lowest BCUT2D eigenvalue weighted by Crippen LogP contribution is -2.06. The second-order valence-corrected chi connectivity index (χ2v) is 5.72. The van der Waals surface area contributed by atoms with E-state index in [0.717, 1.165) is 19.3 Å². The number of allylic oxidation sites excluding steroid dienone is 1. The molecule has 0 aliphatic heterocycles. The van der Waals surface area contributed by atoms with Gasteiger partial charge in [0.25, 0.3) is 0 Å². The minimum Gasteiger partial charge on any atom is -0.462 e. The van der Waals surface area contributed by atoms with Crippen LogP contribution in [0, 0.1) is 0 Å². The first-order valence-corrected chi connectivity index (χ1v) is 8.63. The van der Waals surface area contributed by atoms with Crippen LogP contribution in [-0.2, 0) is 9.53 Å². The highest BCUT2D eigenvalue weighted by atomic mass is 16.5. The van der Waals surface area contributed by atoms with Crippen molar-refractivity contribution in [2.75, 3.05) is 13.2 Å². The lowest BCUT2D eigenvalue weighted by Gasteiger charge is -2.05. The summed E-state index contributed by atoms with van der Waals surface area (Å²) in [4.78, 5) is 11.4. The predicted octanol–water partition coefficient (Wildman–Crippen LogP) is 4.78. The van der Waals surface area contributed by atoms with Crippen LogP contribution in [0.2, 0.25) is 0 Å². The quantitative estimate of drug-likeness (QED) is 0.285. The average molecular weight is 298 g/mol. The molecule has 1 N–H and O–H groups in total. The third-order valence-electron chi connectivity index (χ3n) is 3.79. The third kappa shape index (κ3) is 13.9. The van der Waals surface area contributed by atoms with E-state index in [1.54, 1.807) is 13.0 Å². The van der Waals surface area contributed by atoms with Gasteiger partial charge in [-0.3, -0.25) is 0 Å². The Morgan fingerprint density at radius 3 is 1.71 bits per heavy atom. The van der Waals surface area contributed by atoms with Gasteiger partial charge in [-0.05, 0) is 26.7 Å². The summed E-state index contributed by atoms with van der Waals surface area (Å²) in [6.45, 7) is 4.52. The molecule has 3 heteroatoms. The lowest BCUT2D eigenvalue weighted by atomic mass is 10.1. The number of ether oxygens (including phenoxy) is 1. The molecule has 0 heterocycles. The zero-order valence-electron chi connectivity index (χ0n) is 14.0. The number of aliphatic hydroxyl groups is 1. The van der Waals surface area contributed by atoms with Crippen molar-refractivity contribution in [2.45, 2.75) is 84.5 Å². The topological polar surface area (TPSA) is 46.5 Å². The summed E-state index contributed by atoms with van der Waals surface area (Å²) in [5.41, 5.74) is 0.689. The van der Waals surface area contributed by atoms with Gasteiger partial charge in [0, 0.05) is 12.2 Å². The van der Waals surface area contributed by atoms with Crippen molar-refractivity contribution in [3.05, 3.63) is 11.6 Å². The van der Waals surface area contributed by atoms with Crippen molar-refractivity contribution in [3.63, 3.8) is 0 Å². The highest BCUT2D eigenvalue weighted by molar-refractivity contribution is 5.87. The van der Waals surface area contributed by atoms with Gasteiger partial charge in [0.2, 0.25) is 0 Å². The smallest absolute Gasteiger partial charge is 0.333 e. The molecular weight excluding hydrogens is 264 g/mol. The summed E-state index contributed by atoms with van der Waals surface area (Å²) in [6.07, 6.45) is 15.1. The van der Waals surface area contributed by atoms with Crippen molar-refractivity contribution >= 4 is 5.97 Å². The van der Waals surface area contributed by atoms with Gasteiger partial charge in [-0.15, -0.1) is 0 Å². The van der Waals surface area contributed by atoms with Gasteiger partial charge < -0.3 is 9.84 Å². The van der Waals surface area contributed by atoms with Crippen LogP contribution in [-0.4, -0.2) is 24.3 Å². The van der Waals surface area contributed by atoms with Crippen LogP contribution >= 0.6 is 0 Å². The van der Waals surface area contributed by atoms with Crippen LogP contribution in [0.15, 0.2) is 11.6 Å². The first kappa shape index (κ1) is 20.2. The fourth-order valence-electron chi connectivity index (χ4n) is 2.20. The molecule has 0 radical (unpaired) electrons. The maximum absolute atomic E-state index is 11.4. The standard InChI is InChI=1S/C18H34O3/c1-3-17(2)18(20)21-16-14-12-10-8-6-4-5-7-9-11-13-15-19/h3,19H,4-16H2,1-2H3. The van der Waals surface area contributed by atoms with Crippen LogP contribution in [0.5, 0.6) is 0 Å². The van der Waals surface area contributed by atoms with E-state index in [1.807, 2.05) is 6.92 Å². The maximum atomic E-state index is 11.4. The summed E-state index contributed by atoms with van der Waals surface area (Å²) in [7, 11) is 0. The Kier molecular flexibility index (Phi) is 14.9. The molecule has 0 fully saturated rings. The number of carbonyl (C=O) groups is 1. The zero-order valence-corrected chi connectivity index (χ0v) is 14.0. The lowest BCUT2D eigenvalue weighted by molar-refractivity contribution is -0.139. The molecule has 0 bridgehead atoms. The first-order valence-electron chi connectivity index (χ1n) is 8.63. The summed E-state index contributed by atoms with van der Waals surface area (Å²) in [6, 6.07) is 0. The Labute approximate surface area is 130 Å². The molecule has 0 atom stereocenters. The highest BCUT2D eigenvalue weighted by Gasteiger charge is 2.03. The van der Waals surface area contributed by atoms with Crippen molar-refractivity contribution in [3.8, 4) is 0 Å². The van der Waals surface area contributed by atoms with Gasteiger partial charge in [0.1, 0.15) is 0 Å². The van der Waals surface area contributed by atoms with Crippen LogP contribution < -0.4 is 0 Å². The normalized spacial score (nSPS) is 11.7. The second-order valence-electron chi connectivity index (χ2n) is 5.72. The molecule has 3 nitrogen and oxygen atoms in total. The molecular formula is C18H34O3. The molecule has 0 aliphatic carbocycles. The first-order chi connectivity index (χ1) is 10.2. The van der Waals surface area contributed by atoms with Crippen molar-refractivity contribution in [1.29, 1.82) is 0 Å². The zero-order chi connectivity index (χ0) is 15.8. The average Bonchev–Trinajstić information content (AvgIpc) is 2.50. The molecule has 0 rings (SSSR count). The monoisotopic (exact) mass is 298 g/mol. The molecule has 0 aliphatic rings. The Balaban J connectivity index is 3.14. The number of hydrogen-bond acceptors (Lipinski definition) is 3. The third-order valence-corrected chi connectivity index (χ3v) is 3.79. The second kappa shape index (κ2) is 15.6. The summed E-state index contributed by atoms with van der Waals surface area (Å²) >= 11 is 0. The minimum absolute atomic E-state index is 0.182. The fraction of sp³-hybridized carbons (Fsp3) is 0.833. The molecule has 0 spiro atoms. The highest BCUT2D eigenvalue weighted by Crippen LogP contribution is 2.11. The van der Waals surface area contributed by atoms with Crippen LogP contribution in [0.1, 0.15) is 84.5 Å². The summed E-state index contributed by atoms with van der Waals surface area (Å²) in [5, 5.41) is 8.67. The van der Waals surface area contributed by atoms with E-state index in [2.05, 4.69) is 0 Å². The summed E-state index contributed by atoms with van der Waals surface area (Å²) < 4.78 is 5.16. The number of rotatable bonds is 14. The number of hydrogen-bond donors (Lipinski definition) is 1. The Hall–Kier alpha value is -0.830. The van der Waals surface area contributed by atoms with Crippen LogP contribution in [0.4, 0.5) is 0 Å². The largest absolute Gasteiger partial charge is 0.462 e. The van der Waals surface area contributed by atoms with Gasteiger partial charge in [-0.1, -0.05) is 63.9 Å². The van der Waals surface area contributed by atoms with Gasteiger partial charge in [0.15, 0.2) is 0 Å². The molecule has 0 unspecified atom stereocenters. The van der Waals surface area contributed by atoms with E-state index in [0.29, 0.717) is 18.8 Å². The predicted molar refractivity (Wildman–Crippen MR) is 88.3 cm³/mol. The molecule has 124 valence electrons. The summed E-state index contributed by atoms with van der Waals surface area (Å²) in [5.74, 6) is -0.182. The maximum Gasteiger partial charge on any atom is 0.333 e. The molecule has 0 saturated carbocycles. The van der Waals surface area contributed by atoms with Crippen molar-refractivity contribution in [1.82, 2.24) is 0 Å². The molecule has 0 aromatic rings. The van der Waals surface area contributed by atoms with Crippen molar-refractivity contribution in [2.24, 2.45) is 0 Å². The fourth-order valence-corrected chi connectivity index (χ4v) is 2.20. The van der Waals surface area contributed by atoms with E-state index in [9.17, 15) is 4.79 Å². The molecule has 0 aromatic heterocycles. The van der Waals surface area contributed by atoms with Crippen LogP contribution in [0.25, 0.3) is 0 Å². The van der Waals surface area contributed by atoms with E-state index in [1.165, 1.54) is 51.4 Å². The number of unbranched alkanes of at least 4 members (excludes halogenated alkanes) is 10. The van der Waals surface area contributed by atoms with Crippen LogP contribution in [0.3, 0.4) is 0 Å². The van der Waals surface area contributed by atoms with E-state index >= 15 is 0 Å².